The van der Waals surface area contributed by atoms with E-state index in [0.29, 0.717) is 5.82 Å². The Balaban J connectivity index is 2.64. The van der Waals surface area contributed by atoms with Crippen molar-refractivity contribution in [3.05, 3.63) is 23.9 Å². The number of hydrogen-bond acceptors (Lipinski definition) is 4. The van der Waals surface area contributed by atoms with Crippen LogP contribution in [0.1, 0.15) is 10.4 Å². The van der Waals surface area contributed by atoms with Crippen LogP contribution in [0.3, 0.4) is 0 Å². The van der Waals surface area contributed by atoms with E-state index < -0.39 is 11.9 Å². The average Bonchev–Trinajstić information content (AvgIpc) is 2.15. The monoisotopic (exact) mass is 196 g/mol. The molecule has 14 heavy (non-hydrogen) atoms. The number of anilines is 1. The zero-order valence-electron chi connectivity index (χ0n) is 7.10. The maximum Gasteiger partial charge on any atom is 0.337 e. The average molecular weight is 196 g/mol. The van der Waals surface area contributed by atoms with Crippen LogP contribution in [0.15, 0.2) is 18.3 Å². The van der Waals surface area contributed by atoms with Crippen molar-refractivity contribution in [2.45, 2.75) is 0 Å². The van der Waals surface area contributed by atoms with Crippen LogP contribution in [0, 0.1) is 0 Å². The Hall–Kier alpha value is -2.11. The Morgan fingerprint density at radius 2 is 2.07 bits per heavy atom. The van der Waals surface area contributed by atoms with Crippen molar-refractivity contribution in [3.8, 4) is 0 Å². The molecule has 0 fully saturated rings. The molecule has 1 rings (SSSR count). The maximum atomic E-state index is 10.4. The standard InChI is InChI=1S/C8H8N2O4/c11-7(12)4-10-6-2-1-5(3-9-6)8(13)14/h1-3H,4H2,(H,9,10)(H,11,12)(H,13,14). The molecule has 0 radical (unpaired) electrons. The highest BCUT2D eigenvalue weighted by molar-refractivity contribution is 5.87. The molecule has 0 spiro atoms. The molecule has 0 aliphatic carbocycles. The normalized spacial score (nSPS) is 9.43. The van der Waals surface area contributed by atoms with E-state index in [-0.39, 0.29) is 12.1 Å². The minimum Gasteiger partial charge on any atom is -0.480 e. The topological polar surface area (TPSA) is 99.5 Å². The fourth-order valence-electron chi connectivity index (χ4n) is 0.791. The Morgan fingerprint density at radius 3 is 2.50 bits per heavy atom. The number of carboxylic acid groups (broad SMARTS) is 2. The van der Waals surface area contributed by atoms with E-state index in [1.165, 1.54) is 12.1 Å². The molecule has 0 atom stereocenters. The Morgan fingerprint density at radius 1 is 1.36 bits per heavy atom. The number of nitrogens with one attached hydrogen (secondary N) is 1. The summed E-state index contributed by atoms with van der Waals surface area (Å²) in [6, 6.07) is 2.76. The Bertz CT molecular complexity index is 347. The predicted molar refractivity (Wildman–Crippen MR) is 47.3 cm³/mol. The van der Waals surface area contributed by atoms with Crippen molar-refractivity contribution in [1.29, 1.82) is 0 Å². The molecular weight excluding hydrogens is 188 g/mol. The summed E-state index contributed by atoms with van der Waals surface area (Å²) in [7, 11) is 0. The van der Waals surface area contributed by atoms with Crippen molar-refractivity contribution < 1.29 is 19.8 Å². The summed E-state index contributed by atoms with van der Waals surface area (Å²) < 4.78 is 0. The molecule has 0 aliphatic rings. The van der Waals surface area contributed by atoms with Gasteiger partial charge in [0.25, 0.3) is 0 Å². The SMILES string of the molecule is O=C(O)CNc1ccc(C(=O)O)cn1. The summed E-state index contributed by atoms with van der Waals surface area (Å²) in [5.41, 5.74) is 0.0610. The lowest BCUT2D eigenvalue weighted by Crippen LogP contribution is -2.13. The van der Waals surface area contributed by atoms with Gasteiger partial charge in [-0.1, -0.05) is 0 Å². The first-order chi connectivity index (χ1) is 6.59. The van der Waals surface area contributed by atoms with E-state index in [1.807, 2.05) is 0 Å². The number of aliphatic carboxylic acids is 1. The molecule has 0 aliphatic heterocycles. The smallest absolute Gasteiger partial charge is 0.337 e. The van der Waals surface area contributed by atoms with Crippen molar-refractivity contribution in [1.82, 2.24) is 4.98 Å². The molecule has 6 nitrogen and oxygen atoms in total. The highest BCUT2D eigenvalue weighted by Gasteiger charge is 2.03. The van der Waals surface area contributed by atoms with Gasteiger partial charge in [0.2, 0.25) is 0 Å². The first kappa shape index (κ1) is 9.97. The van der Waals surface area contributed by atoms with Gasteiger partial charge >= 0.3 is 11.9 Å². The maximum absolute atomic E-state index is 10.4. The van der Waals surface area contributed by atoms with Crippen LogP contribution >= 0.6 is 0 Å². The minimum atomic E-state index is -1.07. The second-order valence-corrected chi connectivity index (χ2v) is 2.48. The molecule has 0 amide bonds. The number of nitrogens with zero attached hydrogens (tertiary/aromatic N) is 1. The zero-order chi connectivity index (χ0) is 10.6. The van der Waals surface area contributed by atoms with E-state index in [1.54, 1.807) is 0 Å². The van der Waals surface area contributed by atoms with Crippen molar-refractivity contribution in [2.75, 3.05) is 11.9 Å². The lowest BCUT2D eigenvalue weighted by Gasteiger charge is -2.01. The molecule has 1 aromatic heterocycles. The van der Waals surface area contributed by atoms with Crippen molar-refractivity contribution >= 4 is 17.8 Å². The predicted octanol–water partition coefficient (Wildman–Crippen LogP) is 0.276. The van der Waals surface area contributed by atoms with Crippen LogP contribution < -0.4 is 5.32 Å². The number of aromatic nitrogens is 1. The van der Waals surface area contributed by atoms with Gasteiger partial charge in [-0.2, -0.15) is 0 Å². The highest BCUT2D eigenvalue weighted by atomic mass is 16.4. The van der Waals surface area contributed by atoms with Gasteiger partial charge in [-0.25, -0.2) is 9.78 Å². The number of aromatic carboxylic acids is 1. The van der Waals surface area contributed by atoms with E-state index >= 15 is 0 Å². The summed E-state index contributed by atoms with van der Waals surface area (Å²) >= 11 is 0. The van der Waals surface area contributed by atoms with Crippen LogP contribution in [0.2, 0.25) is 0 Å². The first-order valence-corrected chi connectivity index (χ1v) is 3.74. The minimum absolute atomic E-state index is 0.0610. The molecule has 0 bridgehead atoms. The number of hydrogen-bond donors (Lipinski definition) is 3. The second-order valence-electron chi connectivity index (χ2n) is 2.48. The Kier molecular flexibility index (Phi) is 3.01. The summed E-state index contributed by atoms with van der Waals surface area (Å²) in [4.78, 5) is 24.3. The third kappa shape index (κ3) is 2.74. The largest absolute Gasteiger partial charge is 0.480 e. The summed E-state index contributed by atoms with van der Waals surface area (Å²) in [5, 5.41) is 19.4. The van der Waals surface area contributed by atoms with E-state index in [9.17, 15) is 9.59 Å². The molecule has 0 saturated heterocycles. The second kappa shape index (κ2) is 4.22. The van der Waals surface area contributed by atoms with E-state index in [2.05, 4.69) is 10.3 Å². The molecule has 74 valence electrons. The third-order valence-corrected chi connectivity index (χ3v) is 1.43. The third-order valence-electron chi connectivity index (χ3n) is 1.43. The lowest BCUT2D eigenvalue weighted by atomic mass is 10.3. The summed E-state index contributed by atoms with van der Waals surface area (Å²) in [5.74, 6) is -1.74. The van der Waals surface area contributed by atoms with Gasteiger partial charge < -0.3 is 15.5 Å². The van der Waals surface area contributed by atoms with Crippen LogP contribution in [-0.2, 0) is 4.79 Å². The van der Waals surface area contributed by atoms with Crippen LogP contribution in [0.25, 0.3) is 0 Å². The summed E-state index contributed by atoms with van der Waals surface area (Å²) in [6.07, 6.45) is 1.16. The summed E-state index contributed by atoms with van der Waals surface area (Å²) in [6.45, 7) is -0.251. The quantitative estimate of drug-likeness (QED) is 0.639. The van der Waals surface area contributed by atoms with Gasteiger partial charge in [-0.05, 0) is 12.1 Å². The van der Waals surface area contributed by atoms with Gasteiger partial charge in [0, 0.05) is 6.20 Å². The molecule has 6 heteroatoms. The molecule has 0 saturated carbocycles. The van der Waals surface area contributed by atoms with Gasteiger partial charge in [0.05, 0.1) is 5.56 Å². The van der Waals surface area contributed by atoms with Gasteiger partial charge in [0.1, 0.15) is 12.4 Å². The molecule has 1 heterocycles. The molecule has 1 aromatic rings. The lowest BCUT2D eigenvalue weighted by molar-refractivity contribution is -0.134. The zero-order valence-corrected chi connectivity index (χ0v) is 7.10. The van der Waals surface area contributed by atoms with Gasteiger partial charge in [-0.15, -0.1) is 0 Å². The fraction of sp³-hybridized carbons (Fsp3) is 0.125. The van der Waals surface area contributed by atoms with Gasteiger partial charge in [-0.3, -0.25) is 4.79 Å². The number of pyridine rings is 1. The Labute approximate surface area is 79.2 Å². The molecule has 3 N–H and O–H groups in total. The number of carbonyl (C=O) groups is 2. The van der Waals surface area contributed by atoms with Crippen LogP contribution in [0.4, 0.5) is 5.82 Å². The van der Waals surface area contributed by atoms with Gasteiger partial charge in [0.15, 0.2) is 0 Å². The fourth-order valence-corrected chi connectivity index (χ4v) is 0.791. The first-order valence-electron chi connectivity index (χ1n) is 3.74. The molecular formula is C8H8N2O4. The molecule has 0 aromatic carbocycles. The molecule has 0 unspecified atom stereocenters. The van der Waals surface area contributed by atoms with Crippen molar-refractivity contribution in [3.63, 3.8) is 0 Å². The van der Waals surface area contributed by atoms with E-state index in [4.69, 9.17) is 10.2 Å². The highest BCUT2D eigenvalue weighted by Crippen LogP contribution is 2.04. The number of rotatable bonds is 4. The van der Waals surface area contributed by atoms with Crippen LogP contribution in [0.5, 0.6) is 0 Å². The number of carboxylic acids is 2. The van der Waals surface area contributed by atoms with Crippen LogP contribution in [-0.4, -0.2) is 33.7 Å². The van der Waals surface area contributed by atoms with E-state index in [0.717, 1.165) is 6.20 Å². The van der Waals surface area contributed by atoms with Crippen molar-refractivity contribution in [2.24, 2.45) is 0 Å².